The number of imidazole rings is 1. The summed E-state index contributed by atoms with van der Waals surface area (Å²) in [7, 11) is 1.77. The number of hydrogen-bond donors (Lipinski definition) is 3. The van der Waals surface area contributed by atoms with E-state index in [-0.39, 0.29) is 17.4 Å². The molecule has 20 heavy (non-hydrogen) atoms. The average Bonchev–Trinajstić information content (AvgIpc) is 2.86. The summed E-state index contributed by atoms with van der Waals surface area (Å²) in [5.41, 5.74) is 6.71. The van der Waals surface area contributed by atoms with Gasteiger partial charge in [0.05, 0.1) is 12.0 Å². The fraction of sp³-hybridized carbons (Fsp3) is 0.0833. The number of nitrogens with two attached hydrogens (primary N) is 1. The topological polar surface area (TPSA) is 106 Å². The third-order valence-corrected chi connectivity index (χ3v) is 3.04. The van der Waals surface area contributed by atoms with Crippen molar-refractivity contribution in [2.45, 2.75) is 0 Å². The van der Waals surface area contributed by atoms with Crippen LogP contribution in [0.15, 0.2) is 40.4 Å². The van der Waals surface area contributed by atoms with Crippen LogP contribution in [0.25, 0.3) is 0 Å². The minimum atomic E-state index is -0.375. The van der Waals surface area contributed by atoms with Gasteiger partial charge in [-0.1, -0.05) is 21.1 Å². The molecule has 0 saturated heterocycles. The Morgan fingerprint density at radius 3 is 2.90 bits per heavy atom. The van der Waals surface area contributed by atoms with E-state index in [4.69, 9.17) is 10.9 Å². The van der Waals surface area contributed by atoms with Crippen LogP contribution in [0.1, 0.15) is 16.1 Å². The molecule has 2 aromatic rings. The number of amides is 1. The Morgan fingerprint density at radius 2 is 2.30 bits per heavy atom. The zero-order valence-electron chi connectivity index (χ0n) is 10.5. The van der Waals surface area contributed by atoms with Crippen LogP contribution in [0.4, 0.5) is 5.69 Å². The van der Waals surface area contributed by atoms with Gasteiger partial charge >= 0.3 is 0 Å². The number of aromatic nitrogens is 2. The number of oxime groups is 1. The summed E-state index contributed by atoms with van der Waals surface area (Å²) >= 11 is 3.29. The number of hydrogen-bond acceptors (Lipinski definition) is 4. The molecule has 0 bridgehead atoms. The van der Waals surface area contributed by atoms with E-state index in [2.05, 4.69) is 31.4 Å². The lowest BCUT2D eigenvalue weighted by Gasteiger charge is -2.09. The SMILES string of the molecule is Cn1cnc(C(=O)Nc2ccc(Br)cc2/C(N)=N/O)c1. The molecule has 1 aromatic heterocycles. The van der Waals surface area contributed by atoms with E-state index < -0.39 is 0 Å². The molecule has 8 heteroatoms. The van der Waals surface area contributed by atoms with E-state index in [0.29, 0.717) is 11.3 Å². The van der Waals surface area contributed by atoms with E-state index in [0.717, 1.165) is 4.47 Å². The molecule has 0 fully saturated rings. The van der Waals surface area contributed by atoms with Crippen molar-refractivity contribution in [3.63, 3.8) is 0 Å². The first-order chi connectivity index (χ1) is 9.51. The maximum atomic E-state index is 12.0. The summed E-state index contributed by atoms with van der Waals surface area (Å²) in [6.45, 7) is 0. The number of carbonyl (C=O) groups excluding carboxylic acids is 1. The number of rotatable bonds is 3. The number of anilines is 1. The van der Waals surface area contributed by atoms with Crippen LogP contribution in [0.2, 0.25) is 0 Å². The number of amidine groups is 1. The monoisotopic (exact) mass is 337 g/mol. The van der Waals surface area contributed by atoms with Gasteiger partial charge in [-0.05, 0) is 18.2 Å². The Kier molecular flexibility index (Phi) is 4.04. The standard InChI is InChI=1S/C12H12BrN5O2/c1-18-5-10(15-6-18)12(19)16-9-3-2-7(13)4-8(9)11(14)17-20/h2-6,20H,1H3,(H2,14,17)(H,16,19). The van der Waals surface area contributed by atoms with Crippen molar-refractivity contribution in [1.82, 2.24) is 9.55 Å². The average molecular weight is 338 g/mol. The van der Waals surface area contributed by atoms with Crippen LogP contribution >= 0.6 is 15.9 Å². The quantitative estimate of drug-likeness (QED) is 0.341. The van der Waals surface area contributed by atoms with Crippen LogP contribution in [0.3, 0.4) is 0 Å². The molecule has 1 amide bonds. The van der Waals surface area contributed by atoms with Crippen molar-refractivity contribution in [1.29, 1.82) is 0 Å². The molecule has 104 valence electrons. The summed E-state index contributed by atoms with van der Waals surface area (Å²) in [4.78, 5) is 16.0. The first-order valence-corrected chi connectivity index (χ1v) is 6.37. The molecule has 4 N–H and O–H groups in total. The highest BCUT2D eigenvalue weighted by Gasteiger charge is 2.13. The number of aryl methyl sites for hydroxylation is 1. The molecule has 7 nitrogen and oxygen atoms in total. The summed E-state index contributed by atoms with van der Waals surface area (Å²) in [6.07, 6.45) is 3.12. The Balaban J connectivity index is 2.32. The van der Waals surface area contributed by atoms with Gasteiger partial charge in [0.1, 0.15) is 5.69 Å². The third kappa shape index (κ3) is 2.97. The van der Waals surface area contributed by atoms with E-state index in [1.165, 1.54) is 6.33 Å². The second-order valence-electron chi connectivity index (χ2n) is 4.05. The van der Waals surface area contributed by atoms with Gasteiger partial charge in [-0.3, -0.25) is 4.79 Å². The lowest BCUT2D eigenvalue weighted by molar-refractivity contribution is 0.102. The van der Waals surface area contributed by atoms with Gasteiger partial charge in [-0.15, -0.1) is 0 Å². The Labute approximate surface area is 123 Å². The van der Waals surface area contributed by atoms with Crippen LogP contribution in [0, 0.1) is 0 Å². The first kappa shape index (κ1) is 14.1. The second kappa shape index (κ2) is 5.74. The van der Waals surface area contributed by atoms with Gasteiger partial charge in [0, 0.05) is 23.3 Å². The smallest absolute Gasteiger partial charge is 0.275 e. The zero-order valence-corrected chi connectivity index (χ0v) is 12.1. The highest BCUT2D eigenvalue weighted by atomic mass is 79.9. The van der Waals surface area contributed by atoms with E-state index in [1.54, 1.807) is 36.0 Å². The minimum Gasteiger partial charge on any atom is -0.409 e. The molecule has 2 rings (SSSR count). The lowest BCUT2D eigenvalue weighted by atomic mass is 10.1. The number of halogens is 1. The molecule has 0 spiro atoms. The molecule has 0 aliphatic carbocycles. The maximum absolute atomic E-state index is 12.0. The molecule has 0 radical (unpaired) electrons. The van der Waals surface area contributed by atoms with Crippen molar-refractivity contribution in [2.24, 2.45) is 17.9 Å². The summed E-state index contributed by atoms with van der Waals surface area (Å²) in [5, 5.41) is 14.4. The molecule has 1 aromatic carbocycles. The predicted molar refractivity (Wildman–Crippen MR) is 77.8 cm³/mol. The van der Waals surface area contributed by atoms with Crippen molar-refractivity contribution in [2.75, 3.05) is 5.32 Å². The lowest BCUT2D eigenvalue weighted by Crippen LogP contribution is -2.19. The molecule has 0 aliphatic rings. The van der Waals surface area contributed by atoms with Gasteiger partial charge in [0.15, 0.2) is 5.84 Å². The molecule has 0 atom stereocenters. The van der Waals surface area contributed by atoms with Crippen molar-refractivity contribution < 1.29 is 10.0 Å². The largest absolute Gasteiger partial charge is 0.409 e. The van der Waals surface area contributed by atoms with Gasteiger partial charge in [-0.25, -0.2) is 4.98 Å². The number of benzene rings is 1. The van der Waals surface area contributed by atoms with Crippen molar-refractivity contribution >= 4 is 33.4 Å². The summed E-state index contributed by atoms with van der Waals surface area (Å²) in [5.74, 6) is -0.470. The molecular formula is C12H12BrN5O2. The Hall–Kier alpha value is -2.35. The summed E-state index contributed by atoms with van der Waals surface area (Å²) < 4.78 is 2.41. The molecule has 0 aliphatic heterocycles. The van der Waals surface area contributed by atoms with Gasteiger partial charge in [-0.2, -0.15) is 0 Å². The van der Waals surface area contributed by atoms with Gasteiger partial charge < -0.3 is 20.8 Å². The highest BCUT2D eigenvalue weighted by molar-refractivity contribution is 9.10. The number of nitrogens with one attached hydrogen (secondary N) is 1. The third-order valence-electron chi connectivity index (χ3n) is 2.55. The predicted octanol–water partition coefficient (Wildman–Crippen LogP) is 1.53. The Bertz CT molecular complexity index is 680. The second-order valence-corrected chi connectivity index (χ2v) is 4.97. The normalized spacial score (nSPS) is 11.4. The van der Waals surface area contributed by atoms with Crippen LogP contribution in [0.5, 0.6) is 0 Å². The summed E-state index contributed by atoms with van der Waals surface area (Å²) in [6, 6.07) is 5.03. The fourth-order valence-electron chi connectivity index (χ4n) is 1.61. The molecular weight excluding hydrogens is 326 g/mol. The van der Waals surface area contributed by atoms with E-state index in [1.807, 2.05) is 0 Å². The Morgan fingerprint density at radius 1 is 1.55 bits per heavy atom. The van der Waals surface area contributed by atoms with Gasteiger partial charge in [0.2, 0.25) is 0 Å². The minimum absolute atomic E-state index is 0.0948. The van der Waals surface area contributed by atoms with Crippen molar-refractivity contribution in [3.05, 3.63) is 46.5 Å². The first-order valence-electron chi connectivity index (χ1n) is 5.58. The highest BCUT2D eigenvalue weighted by Crippen LogP contribution is 2.21. The maximum Gasteiger partial charge on any atom is 0.275 e. The van der Waals surface area contributed by atoms with E-state index >= 15 is 0 Å². The van der Waals surface area contributed by atoms with Crippen LogP contribution in [-0.4, -0.2) is 26.5 Å². The molecule has 0 unspecified atom stereocenters. The number of carbonyl (C=O) groups is 1. The van der Waals surface area contributed by atoms with Crippen molar-refractivity contribution in [3.8, 4) is 0 Å². The zero-order chi connectivity index (χ0) is 14.7. The molecule has 1 heterocycles. The fourth-order valence-corrected chi connectivity index (χ4v) is 1.97. The molecule has 0 saturated carbocycles. The van der Waals surface area contributed by atoms with Crippen LogP contribution < -0.4 is 11.1 Å². The van der Waals surface area contributed by atoms with Gasteiger partial charge in [0.25, 0.3) is 5.91 Å². The van der Waals surface area contributed by atoms with E-state index in [9.17, 15) is 4.79 Å². The van der Waals surface area contributed by atoms with Crippen LogP contribution in [-0.2, 0) is 7.05 Å². The number of nitrogens with zero attached hydrogens (tertiary/aromatic N) is 3.